The summed E-state index contributed by atoms with van der Waals surface area (Å²) in [5.41, 5.74) is 1.46. The van der Waals surface area contributed by atoms with E-state index >= 15 is 0 Å². The molecule has 1 aromatic rings. The molecule has 0 spiro atoms. The number of nitrogens with two attached hydrogens (primary N) is 1. The Morgan fingerprint density at radius 2 is 1.80 bits per heavy atom. The number of hydrogen-bond donors (Lipinski definition) is 2. The standard InChI is InChI=1S/C14H21F2N3O/c1-8(2)5-9(3)19(4)14(20)10-6-11(15)13(18-17)12(16)7-10/h6-9,18H,5,17H2,1-4H3. The van der Waals surface area contributed by atoms with E-state index in [1.54, 1.807) is 7.05 Å². The van der Waals surface area contributed by atoms with Crippen LogP contribution in [0.1, 0.15) is 37.6 Å². The summed E-state index contributed by atoms with van der Waals surface area (Å²) in [6, 6.07) is 1.96. The van der Waals surface area contributed by atoms with E-state index in [2.05, 4.69) is 13.8 Å². The number of amides is 1. The number of nitrogens with zero attached hydrogens (tertiary/aromatic N) is 1. The molecule has 1 unspecified atom stereocenters. The lowest BCUT2D eigenvalue weighted by atomic mass is 10.0. The Kier molecular flexibility index (Phi) is 5.44. The topological polar surface area (TPSA) is 58.4 Å². The second-order valence-corrected chi connectivity index (χ2v) is 5.35. The van der Waals surface area contributed by atoms with E-state index in [9.17, 15) is 13.6 Å². The fourth-order valence-electron chi connectivity index (χ4n) is 2.08. The Balaban J connectivity index is 2.98. The molecule has 1 atom stereocenters. The van der Waals surface area contributed by atoms with Crippen LogP contribution in [0.25, 0.3) is 0 Å². The Bertz CT molecular complexity index is 468. The van der Waals surface area contributed by atoms with Crippen molar-refractivity contribution in [2.24, 2.45) is 11.8 Å². The van der Waals surface area contributed by atoms with Gasteiger partial charge in [-0.15, -0.1) is 0 Å². The number of anilines is 1. The summed E-state index contributed by atoms with van der Waals surface area (Å²) in [7, 11) is 1.63. The molecule has 0 aliphatic carbocycles. The van der Waals surface area contributed by atoms with Gasteiger partial charge in [0.15, 0.2) is 11.6 Å². The first-order valence-corrected chi connectivity index (χ1v) is 6.50. The highest BCUT2D eigenvalue weighted by Gasteiger charge is 2.21. The van der Waals surface area contributed by atoms with Crippen LogP contribution in [-0.4, -0.2) is 23.9 Å². The molecule has 4 nitrogen and oxygen atoms in total. The molecular weight excluding hydrogens is 264 g/mol. The maximum atomic E-state index is 13.6. The molecule has 20 heavy (non-hydrogen) atoms. The van der Waals surface area contributed by atoms with Crippen molar-refractivity contribution in [3.63, 3.8) is 0 Å². The third-order valence-electron chi connectivity index (χ3n) is 3.23. The molecule has 0 aromatic heterocycles. The average molecular weight is 285 g/mol. The lowest BCUT2D eigenvalue weighted by Gasteiger charge is -2.26. The number of nitrogens with one attached hydrogen (secondary N) is 1. The van der Waals surface area contributed by atoms with Crippen molar-refractivity contribution in [3.8, 4) is 0 Å². The monoisotopic (exact) mass is 285 g/mol. The van der Waals surface area contributed by atoms with Crippen LogP contribution in [0.3, 0.4) is 0 Å². The zero-order valence-electron chi connectivity index (χ0n) is 12.2. The summed E-state index contributed by atoms with van der Waals surface area (Å²) < 4.78 is 27.2. The molecule has 0 saturated carbocycles. The minimum Gasteiger partial charge on any atom is -0.339 e. The third-order valence-corrected chi connectivity index (χ3v) is 3.23. The summed E-state index contributed by atoms with van der Waals surface area (Å²) in [6.45, 7) is 6.01. The summed E-state index contributed by atoms with van der Waals surface area (Å²) in [5.74, 6) is 3.25. The molecule has 6 heteroatoms. The smallest absolute Gasteiger partial charge is 0.254 e. The first-order chi connectivity index (χ1) is 9.27. The molecule has 1 rings (SSSR count). The van der Waals surface area contributed by atoms with E-state index in [0.717, 1.165) is 18.6 Å². The van der Waals surface area contributed by atoms with Gasteiger partial charge in [-0.05, 0) is 31.4 Å². The molecular formula is C14H21F2N3O. The van der Waals surface area contributed by atoms with Gasteiger partial charge in [0.25, 0.3) is 5.91 Å². The molecule has 0 bridgehead atoms. The van der Waals surface area contributed by atoms with Crippen LogP contribution in [0, 0.1) is 17.6 Å². The van der Waals surface area contributed by atoms with E-state index in [0.29, 0.717) is 5.92 Å². The Morgan fingerprint density at radius 3 is 2.20 bits per heavy atom. The van der Waals surface area contributed by atoms with Crippen LogP contribution < -0.4 is 11.3 Å². The lowest BCUT2D eigenvalue weighted by molar-refractivity contribution is 0.0727. The Hall–Kier alpha value is -1.69. The third kappa shape index (κ3) is 3.66. The molecule has 0 aliphatic heterocycles. The first-order valence-electron chi connectivity index (χ1n) is 6.50. The maximum absolute atomic E-state index is 13.6. The van der Waals surface area contributed by atoms with Crippen molar-refractivity contribution in [1.29, 1.82) is 0 Å². The number of rotatable bonds is 5. The van der Waals surface area contributed by atoms with Gasteiger partial charge in [-0.25, -0.2) is 8.78 Å². The summed E-state index contributed by atoms with van der Waals surface area (Å²) >= 11 is 0. The van der Waals surface area contributed by atoms with Gasteiger partial charge < -0.3 is 10.3 Å². The van der Waals surface area contributed by atoms with E-state index in [-0.39, 0.29) is 11.6 Å². The second-order valence-electron chi connectivity index (χ2n) is 5.35. The summed E-state index contributed by atoms with van der Waals surface area (Å²) in [4.78, 5) is 13.7. The van der Waals surface area contributed by atoms with Crippen LogP contribution in [0.5, 0.6) is 0 Å². The van der Waals surface area contributed by atoms with Crippen molar-refractivity contribution in [1.82, 2.24) is 4.90 Å². The molecule has 3 N–H and O–H groups in total. The molecule has 0 fully saturated rings. The highest BCUT2D eigenvalue weighted by Crippen LogP contribution is 2.21. The van der Waals surface area contributed by atoms with Crippen molar-refractivity contribution in [3.05, 3.63) is 29.3 Å². The molecule has 0 heterocycles. The molecule has 1 aromatic carbocycles. The molecule has 0 saturated heterocycles. The van der Waals surface area contributed by atoms with Crippen molar-refractivity contribution < 1.29 is 13.6 Å². The van der Waals surface area contributed by atoms with Gasteiger partial charge in [0, 0.05) is 18.7 Å². The number of benzene rings is 1. The SMILES string of the molecule is CC(C)CC(C)N(C)C(=O)c1cc(F)c(NN)c(F)c1. The van der Waals surface area contributed by atoms with Crippen LogP contribution in [-0.2, 0) is 0 Å². The fourth-order valence-corrected chi connectivity index (χ4v) is 2.08. The highest BCUT2D eigenvalue weighted by atomic mass is 19.1. The second kappa shape index (κ2) is 6.65. The molecule has 1 amide bonds. The van der Waals surface area contributed by atoms with E-state index in [4.69, 9.17) is 5.84 Å². The predicted octanol–water partition coefficient (Wildman–Crippen LogP) is 2.76. The van der Waals surface area contributed by atoms with Crippen LogP contribution in [0.15, 0.2) is 12.1 Å². The average Bonchev–Trinajstić information content (AvgIpc) is 2.35. The maximum Gasteiger partial charge on any atom is 0.254 e. The van der Waals surface area contributed by atoms with Gasteiger partial charge in [0.05, 0.1) is 0 Å². The van der Waals surface area contributed by atoms with Gasteiger partial charge in [0.1, 0.15) is 5.69 Å². The van der Waals surface area contributed by atoms with Crippen LogP contribution >= 0.6 is 0 Å². The van der Waals surface area contributed by atoms with Crippen LogP contribution in [0.2, 0.25) is 0 Å². The normalized spacial score (nSPS) is 12.4. The number of halogens is 2. The Labute approximate surface area is 117 Å². The number of carbonyl (C=O) groups is 1. The quantitative estimate of drug-likeness (QED) is 0.646. The molecule has 0 radical (unpaired) electrons. The van der Waals surface area contributed by atoms with Crippen molar-refractivity contribution >= 4 is 11.6 Å². The minimum atomic E-state index is -0.888. The zero-order valence-corrected chi connectivity index (χ0v) is 12.2. The van der Waals surface area contributed by atoms with Gasteiger partial charge in [-0.2, -0.15) is 0 Å². The largest absolute Gasteiger partial charge is 0.339 e. The highest BCUT2D eigenvalue weighted by molar-refractivity contribution is 5.94. The van der Waals surface area contributed by atoms with E-state index in [1.165, 1.54) is 4.90 Å². The van der Waals surface area contributed by atoms with E-state index in [1.807, 2.05) is 12.3 Å². The van der Waals surface area contributed by atoms with Crippen LogP contribution in [0.4, 0.5) is 14.5 Å². The molecule has 0 aliphatic rings. The summed E-state index contributed by atoms with van der Waals surface area (Å²) in [5, 5.41) is 0. The van der Waals surface area contributed by atoms with Gasteiger partial charge >= 0.3 is 0 Å². The first kappa shape index (κ1) is 16.4. The molecule has 112 valence electrons. The minimum absolute atomic E-state index is 0.0130. The number of nitrogen functional groups attached to an aromatic ring is 1. The van der Waals surface area contributed by atoms with Crippen molar-refractivity contribution in [2.75, 3.05) is 12.5 Å². The zero-order chi connectivity index (χ0) is 15.4. The van der Waals surface area contributed by atoms with Gasteiger partial charge in [-0.1, -0.05) is 13.8 Å². The van der Waals surface area contributed by atoms with Gasteiger partial charge in [0.2, 0.25) is 0 Å². The number of hydrogen-bond acceptors (Lipinski definition) is 3. The lowest BCUT2D eigenvalue weighted by Crippen LogP contribution is -2.36. The number of hydrazine groups is 1. The predicted molar refractivity (Wildman–Crippen MR) is 75.2 cm³/mol. The van der Waals surface area contributed by atoms with E-state index < -0.39 is 23.2 Å². The fraction of sp³-hybridized carbons (Fsp3) is 0.500. The summed E-state index contributed by atoms with van der Waals surface area (Å²) in [6.07, 6.45) is 0.815. The Morgan fingerprint density at radius 1 is 1.30 bits per heavy atom. The number of carbonyl (C=O) groups excluding carboxylic acids is 1. The van der Waals surface area contributed by atoms with Crippen molar-refractivity contribution in [2.45, 2.75) is 33.2 Å². The van der Waals surface area contributed by atoms with Gasteiger partial charge in [-0.3, -0.25) is 10.6 Å².